The SMILES string of the molecule is CCCCCCCCCCCCCCCCCCCCCC=C[n+]1cc[nH]c1. The molecule has 0 atom stereocenters. The number of rotatable bonds is 21. The summed E-state index contributed by atoms with van der Waals surface area (Å²) in [5.41, 5.74) is 0. The highest BCUT2D eigenvalue weighted by Crippen LogP contribution is 2.14. The molecule has 0 aromatic carbocycles. The van der Waals surface area contributed by atoms with Gasteiger partial charge >= 0.3 is 0 Å². The van der Waals surface area contributed by atoms with E-state index in [1.807, 2.05) is 18.7 Å². The van der Waals surface area contributed by atoms with Crippen molar-refractivity contribution in [1.29, 1.82) is 0 Å². The molecule has 0 radical (unpaired) electrons. The Morgan fingerprint density at radius 1 is 0.607 bits per heavy atom. The summed E-state index contributed by atoms with van der Waals surface area (Å²) in [4.78, 5) is 3.06. The number of nitrogens with zero attached hydrogens (tertiary/aromatic N) is 1. The number of aromatic nitrogens is 2. The van der Waals surface area contributed by atoms with E-state index in [0.29, 0.717) is 0 Å². The number of imidazole rings is 1. The summed E-state index contributed by atoms with van der Waals surface area (Å²) in [7, 11) is 0. The van der Waals surface area contributed by atoms with E-state index in [1.54, 1.807) is 0 Å². The van der Waals surface area contributed by atoms with E-state index < -0.39 is 0 Å². The van der Waals surface area contributed by atoms with Gasteiger partial charge in [0.15, 0.2) is 0 Å². The van der Waals surface area contributed by atoms with E-state index in [9.17, 15) is 0 Å². The molecule has 1 rings (SSSR count). The standard InChI is InChI=1S/C26H48N2/c1-2-3-4-5-6-7-8-9-10-11-12-13-14-15-16-17-18-19-20-21-22-24-28-25-23-27-26-28/h22-26H,2-21H2,1H3/p+1. The molecule has 0 spiro atoms. The molecule has 0 saturated heterocycles. The lowest BCUT2D eigenvalue weighted by Crippen LogP contribution is -2.20. The summed E-state index contributed by atoms with van der Waals surface area (Å²) in [6.45, 7) is 2.30. The topological polar surface area (TPSA) is 19.7 Å². The second-order valence-electron chi connectivity index (χ2n) is 8.60. The second kappa shape index (κ2) is 20.7. The fourth-order valence-corrected chi connectivity index (χ4v) is 3.93. The number of hydrogen-bond donors (Lipinski definition) is 1. The van der Waals surface area contributed by atoms with Crippen LogP contribution in [-0.4, -0.2) is 4.98 Å². The first-order valence-electron chi connectivity index (χ1n) is 12.6. The summed E-state index contributed by atoms with van der Waals surface area (Å²) in [5, 5.41) is 0. The highest BCUT2D eigenvalue weighted by molar-refractivity contribution is 5.04. The minimum atomic E-state index is 1.21. The Morgan fingerprint density at radius 2 is 1.04 bits per heavy atom. The normalized spacial score (nSPS) is 11.6. The van der Waals surface area contributed by atoms with Gasteiger partial charge < -0.3 is 0 Å². The average molecular weight is 390 g/mol. The molecule has 0 aliphatic heterocycles. The highest BCUT2D eigenvalue weighted by Gasteiger charge is 1.95. The maximum atomic E-state index is 3.06. The van der Waals surface area contributed by atoms with Gasteiger partial charge in [0, 0.05) is 0 Å². The van der Waals surface area contributed by atoms with Crippen molar-refractivity contribution in [2.75, 3.05) is 0 Å². The zero-order valence-electron chi connectivity index (χ0n) is 19.0. The predicted molar refractivity (Wildman–Crippen MR) is 124 cm³/mol. The third-order valence-corrected chi connectivity index (χ3v) is 5.82. The minimum Gasteiger partial charge on any atom is -0.250 e. The van der Waals surface area contributed by atoms with Crippen LogP contribution in [0.3, 0.4) is 0 Å². The fraction of sp³-hybridized carbons (Fsp3) is 0.808. The molecule has 0 amide bonds. The predicted octanol–water partition coefficient (Wildman–Crippen LogP) is 8.59. The van der Waals surface area contributed by atoms with Crippen molar-refractivity contribution in [1.82, 2.24) is 4.98 Å². The lowest BCUT2D eigenvalue weighted by molar-refractivity contribution is -0.566. The Bertz CT molecular complexity index is 422. The Labute approximate surface area is 176 Å². The van der Waals surface area contributed by atoms with E-state index in [1.165, 1.54) is 128 Å². The van der Waals surface area contributed by atoms with E-state index in [0.717, 1.165) is 0 Å². The van der Waals surface area contributed by atoms with Gasteiger partial charge in [-0.25, -0.2) is 9.55 Å². The van der Waals surface area contributed by atoms with Crippen molar-refractivity contribution in [3.63, 3.8) is 0 Å². The molecular formula is C26H49N2+. The van der Waals surface area contributed by atoms with Gasteiger partial charge in [0.25, 0.3) is 0 Å². The summed E-state index contributed by atoms with van der Waals surface area (Å²) < 4.78 is 2.07. The van der Waals surface area contributed by atoms with Gasteiger partial charge in [-0.05, 0) is 18.9 Å². The first kappa shape index (κ1) is 25.0. The van der Waals surface area contributed by atoms with Crippen LogP contribution in [-0.2, 0) is 0 Å². The van der Waals surface area contributed by atoms with Gasteiger partial charge in [0.05, 0.1) is 6.20 Å². The molecule has 1 aromatic rings. The van der Waals surface area contributed by atoms with Crippen LogP contribution in [0.4, 0.5) is 0 Å². The van der Waals surface area contributed by atoms with Gasteiger partial charge in [-0.3, -0.25) is 0 Å². The molecule has 1 aromatic heterocycles. The van der Waals surface area contributed by atoms with Crippen molar-refractivity contribution in [3.8, 4) is 0 Å². The van der Waals surface area contributed by atoms with E-state index in [4.69, 9.17) is 0 Å². The highest BCUT2D eigenvalue weighted by atomic mass is 15.0. The maximum absolute atomic E-state index is 3.06. The molecule has 0 saturated carbocycles. The smallest absolute Gasteiger partial charge is 0.246 e. The number of allylic oxidation sites excluding steroid dienone is 1. The Hall–Kier alpha value is -1.05. The summed E-state index contributed by atoms with van der Waals surface area (Å²) >= 11 is 0. The van der Waals surface area contributed by atoms with Crippen molar-refractivity contribution >= 4 is 6.20 Å². The molecule has 0 bridgehead atoms. The van der Waals surface area contributed by atoms with Crippen LogP contribution in [0.5, 0.6) is 0 Å². The Balaban J connectivity index is 1.67. The van der Waals surface area contributed by atoms with Crippen LogP contribution in [0.1, 0.15) is 135 Å². The van der Waals surface area contributed by atoms with Crippen molar-refractivity contribution < 1.29 is 4.57 Å². The third kappa shape index (κ3) is 17.1. The molecule has 1 N–H and O–H groups in total. The summed E-state index contributed by atoms with van der Waals surface area (Å²) in [6, 6.07) is 0. The lowest BCUT2D eigenvalue weighted by atomic mass is 10.0. The first-order valence-corrected chi connectivity index (χ1v) is 12.6. The summed E-state index contributed by atoms with van der Waals surface area (Å²) in [5.74, 6) is 0. The van der Waals surface area contributed by atoms with Crippen LogP contribution in [0.25, 0.3) is 6.20 Å². The van der Waals surface area contributed by atoms with Gasteiger partial charge in [-0.1, -0.05) is 122 Å². The van der Waals surface area contributed by atoms with E-state index in [2.05, 4.69) is 28.8 Å². The van der Waals surface area contributed by atoms with Gasteiger partial charge in [0.2, 0.25) is 6.33 Å². The Kier molecular flexibility index (Phi) is 18.5. The largest absolute Gasteiger partial charge is 0.250 e. The molecule has 28 heavy (non-hydrogen) atoms. The number of aromatic amines is 1. The van der Waals surface area contributed by atoms with Crippen LogP contribution in [0, 0.1) is 0 Å². The molecule has 0 fully saturated rings. The van der Waals surface area contributed by atoms with Crippen LogP contribution in [0.2, 0.25) is 0 Å². The first-order chi connectivity index (χ1) is 13.9. The number of hydrogen-bond acceptors (Lipinski definition) is 0. The minimum absolute atomic E-state index is 1.21. The molecule has 1 heterocycles. The summed E-state index contributed by atoms with van der Waals surface area (Å²) in [6.07, 6.45) is 39.1. The second-order valence-corrected chi connectivity index (χ2v) is 8.60. The van der Waals surface area contributed by atoms with Crippen LogP contribution >= 0.6 is 0 Å². The molecule has 2 heteroatoms. The maximum Gasteiger partial charge on any atom is 0.246 e. The molecule has 2 nitrogen and oxygen atoms in total. The molecule has 162 valence electrons. The number of nitrogens with one attached hydrogen (secondary N) is 1. The Morgan fingerprint density at radius 3 is 1.43 bits per heavy atom. The van der Waals surface area contributed by atoms with Crippen molar-refractivity contribution in [2.24, 2.45) is 0 Å². The van der Waals surface area contributed by atoms with Crippen molar-refractivity contribution in [2.45, 2.75) is 135 Å². The van der Waals surface area contributed by atoms with Gasteiger partial charge in [-0.15, -0.1) is 0 Å². The van der Waals surface area contributed by atoms with E-state index >= 15 is 0 Å². The zero-order valence-corrected chi connectivity index (χ0v) is 19.0. The lowest BCUT2D eigenvalue weighted by Gasteiger charge is -2.03. The molecular weight excluding hydrogens is 340 g/mol. The third-order valence-electron chi connectivity index (χ3n) is 5.82. The average Bonchev–Trinajstić information content (AvgIpc) is 3.22. The molecule has 0 aliphatic rings. The molecule has 0 unspecified atom stereocenters. The quantitative estimate of drug-likeness (QED) is 0.160. The monoisotopic (exact) mass is 389 g/mol. The number of H-pyrrole nitrogens is 1. The zero-order chi connectivity index (χ0) is 20.0. The fourth-order valence-electron chi connectivity index (χ4n) is 3.93. The van der Waals surface area contributed by atoms with E-state index in [-0.39, 0.29) is 0 Å². The van der Waals surface area contributed by atoms with Gasteiger partial charge in [0.1, 0.15) is 12.4 Å². The van der Waals surface area contributed by atoms with Gasteiger partial charge in [-0.2, -0.15) is 0 Å². The molecule has 0 aliphatic carbocycles. The van der Waals surface area contributed by atoms with Crippen molar-refractivity contribution in [3.05, 3.63) is 24.8 Å². The number of unbranched alkanes of at least 4 members (excludes halogenated alkanes) is 19. The van der Waals surface area contributed by atoms with Crippen LogP contribution in [0.15, 0.2) is 24.8 Å². The van der Waals surface area contributed by atoms with Crippen LogP contribution < -0.4 is 4.57 Å².